The molecule has 43 heavy (non-hydrogen) atoms. The topological polar surface area (TPSA) is 21.7 Å². The zero-order valence-corrected chi connectivity index (χ0v) is 25.2. The van der Waals surface area contributed by atoms with Gasteiger partial charge in [0.15, 0.2) is 0 Å². The van der Waals surface area contributed by atoms with E-state index in [0.717, 1.165) is 24.3 Å². The fourth-order valence-electron chi connectivity index (χ4n) is 8.31. The quantitative estimate of drug-likeness (QED) is 0.195. The van der Waals surface area contributed by atoms with Crippen molar-refractivity contribution in [1.29, 1.82) is 0 Å². The first kappa shape index (κ1) is 25.3. The molecule has 0 amide bonds. The lowest BCUT2D eigenvalue weighted by Gasteiger charge is -2.50. The molecular formula is C39H32NO2P. The zero-order valence-electron chi connectivity index (χ0n) is 24.3. The predicted octanol–water partition coefficient (Wildman–Crippen LogP) is 9.91. The molecule has 0 saturated heterocycles. The second-order valence-corrected chi connectivity index (χ2v) is 14.1. The van der Waals surface area contributed by atoms with Crippen LogP contribution in [0.2, 0.25) is 0 Å². The molecule has 6 aromatic carbocycles. The van der Waals surface area contributed by atoms with Crippen LogP contribution in [-0.2, 0) is 5.41 Å². The van der Waals surface area contributed by atoms with Crippen molar-refractivity contribution in [2.75, 3.05) is 14.1 Å². The minimum Gasteiger partial charge on any atom is -0.427 e. The molecule has 9 rings (SSSR count). The van der Waals surface area contributed by atoms with Crippen molar-refractivity contribution in [3.63, 3.8) is 0 Å². The summed E-state index contributed by atoms with van der Waals surface area (Å²) in [6.07, 6.45) is 1.91. The van der Waals surface area contributed by atoms with Crippen molar-refractivity contribution in [2.24, 2.45) is 0 Å². The molecule has 4 heteroatoms. The molecule has 0 radical (unpaired) electrons. The van der Waals surface area contributed by atoms with E-state index in [1.807, 2.05) is 14.1 Å². The average Bonchev–Trinajstić information content (AvgIpc) is 3.04. The monoisotopic (exact) mass is 577 g/mol. The first-order chi connectivity index (χ1) is 21.1. The van der Waals surface area contributed by atoms with Crippen LogP contribution in [0.5, 0.6) is 11.5 Å². The smallest absolute Gasteiger partial charge is 0.384 e. The highest BCUT2D eigenvalue weighted by Crippen LogP contribution is 2.66. The molecule has 2 atom stereocenters. The number of nitrogens with zero attached hydrogens (tertiary/aromatic N) is 1. The van der Waals surface area contributed by atoms with Crippen LogP contribution in [0.15, 0.2) is 121 Å². The molecule has 6 aromatic rings. The lowest BCUT2D eigenvalue weighted by Crippen LogP contribution is -2.40. The molecule has 0 N–H and O–H groups in total. The van der Waals surface area contributed by atoms with Crippen LogP contribution < -0.4 is 9.05 Å². The van der Waals surface area contributed by atoms with Gasteiger partial charge in [-0.1, -0.05) is 109 Å². The van der Waals surface area contributed by atoms with Crippen LogP contribution >= 0.6 is 8.53 Å². The van der Waals surface area contributed by atoms with Gasteiger partial charge in [0, 0.05) is 28.4 Å². The summed E-state index contributed by atoms with van der Waals surface area (Å²) in [5.74, 6) is 2.40. The van der Waals surface area contributed by atoms with Crippen molar-refractivity contribution in [3.8, 4) is 11.5 Å². The van der Waals surface area contributed by atoms with Crippen LogP contribution in [0.3, 0.4) is 0 Å². The maximum atomic E-state index is 6.93. The van der Waals surface area contributed by atoms with Gasteiger partial charge < -0.3 is 9.05 Å². The molecular weight excluding hydrogens is 545 g/mol. The summed E-state index contributed by atoms with van der Waals surface area (Å²) >= 11 is 0. The highest BCUT2D eigenvalue weighted by molar-refractivity contribution is 7.45. The Balaban J connectivity index is 1.47. The Labute approximate surface area is 253 Å². The minimum atomic E-state index is -1.35. The van der Waals surface area contributed by atoms with Crippen LogP contribution in [0, 0.1) is 0 Å². The Hall–Kier alpha value is -4.17. The molecule has 1 aliphatic heterocycles. The number of hydrogen-bond acceptors (Lipinski definition) is 3. The minimum absolute atomic E-state index is 0.243. The van der Waals surface area contributed by atoms with Crippen molar-refractivity contribution < 1.29 is 9.05 Å². The summed E-state index contributed by atoms with van der Waals surface area (Å²) in [5, 5.41) is 5.26. The van der Waals surface area contributed by atoms with E-state index in [2.05, 4.69) is 126 Å². The summed E-state index contributed by atoms with van der Waals surface area (Å²) in [6.45, 7) is 0. The van der Waals surface area contributed by atoms with E-state index < -0.39 is 8.53 Å². The molecule has 0 unspecified atom stereocenters. The average molecular weight is 578 g/mol. The van der Waals surface area contributed by atoms with E-state index >= 15 is 0 Å². The Morgan fingerprint density at radius 1 is 0.558 bits per heavy atom. The standard InChI is InChI=1S/C39H32NO2P/c1-40(2)43-41-33-21-19-27-15-9-17-29-31(25-11-5-3-6-12-25)23-39(37(33)35(27)29)24-32(26-13-7-4-8-14-26)30-18-10-16-28-20-22-34(42-43)38(39)36(28)30/h3-22,31-32H,23-24H2,1-2H3/t31-,32-,39?/m0/s1. The van der Waals surface area contributed by atoms with Crippen molar-refractivity contribution in [3.05, 3.63) is 155 Å². The molecule has 3 nitrogen and oxygen atoms in total. The second kappa shape index (κ2) is 9.41. The van der Waals surface area contributed by atoms with Gasteiger partial charge in [-0.3, -0.25) is 0 Å². The van der Waals surface area contributed by atoms with Crippen LogP contribution in [0.25, 0.3) is 21.5 Å². The summed E-state index contributed by atoms with van der Waals surface area (Å²) in [6, 6.07) is 44.8. The van der Waals surface area contributed by atoms with Crippen LogP contribution in [0.1, 0.15) is 58.1 Å². The zero-order chi connectivity index (χ0) is 28.7. The molecule has 3 aliphatic rings. The third-order valence-electron chi connectivity index (χ3n) is 9.98. The molecule has 0 aromatic heterocycles. The first-order valence-electron chi connectivity index (χ1n) is 15.2. The highest BCUT2D eigenvalue weighted by Gasteiger charge is 2.52. The molecule has 210 valence electrons. The highest BCUT2D eigenvalue weighted by atomic mass is 31.2. The third-order valence-corrected chi connectivity index (χ3v) is 11.3. The lowest BCUT2D eigenvalue weighted by molar-refractivity contribution is 0.341. The van der Waals surface area contributed by atoms with Gasteiger partial charge in [0.05, 0.1) is 0 Å². The second-order valence-electron chi connectivity index (χ2n) is 12.5. The van der Waals surface area contributed by atoms with Gasteiger partial charge in [-0.05, 0) is 82.9 Å². The molecule has 0 bridgehead atoms. The van der Waals surface area contributed by atoms with E-state index in [4.69, 9.17) is 9.05 Å². The maximum absolute atomic E-state index is 6.93. The van der Waals surface area contributed by atoms with E-state index in [0.29, 0.717) is 0 Å². The Kier molecular flexibility index (Phi) is 5.55. The summed E-state index contributed by atoms with van der Waals surface area (Å²) < 4.78 is 15.9. The Bertz CT molecular complexity index is 1890. The number of hydrogen-bond donors (Lipinski definition) is 0. The Morgan fingerprint density at radius 3 is 1.47 bits per heavy atom. The van der Waals surface area contributed by atoms with E-state index in [1.54, 1.807) is 0 Å². The normalized spacial score (nSPS) is 19.9. The number of benzene rings is 6. The fourth-order valence-corrected chi connectivity index (χ4v) is 9.31. The number of rotatable bonds is 3. The van der Waals surface area contributed by atoms with Gasteiger partial charge in [0.2, 0.25) is 0 Å². The Morgan fingerprint density at radius 2 is 1.02 bits per heavy atom. The van der Waals surface area contributed by atoms with Gasteiger partial charge in [0.1, 0.15) is 11.5 Å². The predicted molar refractivity (Wildman–Crippen MR) is 176 cm³/mol. The lowest BCUT2D eigenvalue weighted by atomic mass is 9.54. The molecule has 1 heterocycles. The summed E-state index contributed by atoms with van der Waals surface area (Å²) in [5.41, 5.74) is 7.89. The summed E-state index contributed by atoms with van der Waals surface area (Å²) in [4.78, 5) is 0. The molecule has 0 saturated carbocycles. The van der Waals surface area contributed by atoms with Crippen LogP contribution in [-0.4, -0.2) is 18.8 Å². The van der Waals surface area contributed by atoms with Crippen molar-refractivity contribution in [2.45, 2.75) is 30.1 Å². The van der Waals surface area contributed by atoms with Gasteiger partial charge in [-0.25, -0.2) is 4.67 Å². The largest absolute Gasteiger partial charge is 0.427 e. The van der Waals surface area contributed by atoms with E-state index in [1.165, 1.54) is 54.9 Å². The van der Waals surface area contributed by atoms with E-state index in [-0.39, 0.29) is 17.3 Å². The van der Waals surface area contributed by atoms with E-state index in [9.17, 15) is 0 Å². The van der Waals surface area contributed by atoms with Crippen LogP contribution in [0.4, 0.5) is 0 Å². The molecule has 0 fully saturated rings. The fraction of sp³-hybridized carbons (Fsp3) is 0.179. The van der Waals surface area contributed by atoms with Gasteiger partial charge in [-0.2, -0.15) is 0 Å². The third kappa shape index (κ3) is 3.62. The van der Waals surface area contributed by atoms with Gasteiger partial charge in [-0.15, -0.1) is 0 Å². The SMILES string of the molecule is CN(C)P1Oc2ccc3cccc4c3c2C2(C[C@H]4c3ccccc3)C[C@@H](c3ccccc3)c3cccc4ccc(c2c34)O1. The van der Waals surface area contributed by atoms with Gasteiger partial charge >= 0.3 is 8.53 Å². The van der Waals surface area contributed by atoms with Crippen molar-refractivity contribution >= 4 is 30.1 Å². The molecule has 2 aliphatic carbocycles. The van der Waals surface area contributed by atoms with Gasteiger partial charge in [0.25, 0.3) is 0 Å². The molecule has 1 spiro atoms. The maximum Gasteiger partial charge on any atom is 0.384 e. The van der Waals surface area contributed by atoms with Crippen molar-refractivity contribution in [1.82, 2.24) is 4.67 Å². The first-order valence-corrected chi connectivity index (χ1v) is 16.3. The summed E-state index contributed by atoms with van der Waals surface area (Å²) in [7, 11) is 2.75.